The number of carbonyl (C=O) groups excluding carboxylic acids is 2. The standard InChI is InChI=1S/C36H44N6O3S/c1-5-6-13-30-39-36(16-9-10-17-36)34(44)42(30)23-25-14-15-27(26(22-25)24-41-21-18-35(2,3)33(41)43)28-11-7-8-12-29(28)46-40-31-32(45-4)38-20-19-37-31/h7-8,11-12,14-15,19-20,22H,5-6,9-10,13,16-18,21,23-24H2,1-4H3,(H,37,40). The average Bonchev–Trinajstić information content (AvgIpc) is 3.72. The van der Waals surface area contributed by atoms with Crippen LogP contribution in [0.4, 0.5) is 5.82 Å². The number of methoxy groups -OCH3 is 1. The van der Waals surface area contributed by atoms with Crippen molar-refractivity contribution in [2.45, 2.75) is 95.7 Å². The zero-order valence-electron chi connectivity index (χ0n) is 27.3. The lowest BCUT2D eigenvalue weighted by atomic mass is 9.92. The Hall–Kier alpha value is -3.92. The van der Waals surface area contributed by atoms with E-state index in [2.05, 4.69) is 51.9 Å². The monoisotopic (exact) mass is 640 g/mol. The Morgan fingerprint density at radius 3 is 2.48 bits per heavy atom. The number of aliphatic imine (C=N–C) groups is 1. The number of hydrogen-bond donors (Lipinski definition) is 1. The number of hydrogen-bond acceptors (Lipinski definition) is 8. The lowest BCUT2D eigenvalue weighted by Crippen LogP contribution is -2.40. The summed E-state index contributed by atoms with van der Waals surface area (Å²) in [5.74, 6) is 2.23. The molecule has 1 aromatic heterocycles. The molecule has 0 unspecified atom stereocenters. The van der Waals surface area contributed by atoms with E-state index in [1.165, 1.54) is 11.9 Å². The number of unbranched alkanes of at least 4 members (excludes halogenated alkanes) is 1. The van der Waals surface area contributed by atoms with Crippen LogP contribution >= 0.6 is 11.9 Å². The summed E-state index contributed by atoms with van der Waals surface area (Å²) in [6.07, 6.45) is 10.7. The Bertz CT molecular complexity index is 1630. The molecular formula is C36H44N6O3S. The molecule has 1 N–H and O–H groups in total. The van der Waals surface area contributed by atoms with Crippen LogP contribution in [0.15, 0.2) is 64.7 Å². The molecule has 6 rings (SSSR count). The fourth-order valence-corrected chi connectivity index (χ4v) is 7.63. The molecule has 1 saturated heterocycles. The molecule has 2 aromatic carbocycles. The Kier molecular flexibility index (Phi) is 9.36. The van der Waals surface area contributed by atoms with E-state index in [1.807, 2.05) is 35.8 Å². The van der Waals surface area contributed by atoms with Crippen molar-refractivity contribution in [3.63, 3.8) is 0 Å². The number of nitrogens with one attached hydrogen (secondary N) is 1. The summed E-state index contributed by atoms with van der Waals surface area (Å²) in [7, 11) is 1.57. The van der Waals surface area contributed by atoms with Gasteiger partial charge >= 0.3 is 0 Å². The van der Waals surface area contributed by atoms with Crippen LogP contribution in [-0.4, -0.2) is 56.6 Å². The predicted octanol–water partition coefficient (Wildman–Crippen LogP) is 7.27. The summed E-state index contributed by atoms with van der Waals surface area (Å²) in [6, 6.07) is 14.7. The molecule has 3 heterocycles. The zero-order chi connectivity index (χ0) is 32.3. The molecule has 2 fully saturated rings. The quantitative estimate of drug-likeness (QED) is 0.208. The van der Waals surface area contributed by atoms with Gasteiger partial charge in [0.15, 0.2) is 5.82 Å². The summed E-state index contributed by atoms with van der Waals surface area (Å²) in [6.45, 7) is 7.94. The number of amidine groups is 1. The van der Waals surface area contributed by atoms with Gasteiger partial charge in [0.1, 0.15) is 11.4 Å². The molecule has 2 aliphatic heterocycles. The summed E-state index contributed by atoms with van der Waals surface area (Å²) in [4.78, 5) is 45.9. The number of amides is 2. The molecule has 0 bridgehead atoms. The maximum absolute atomic E-state index is 13.9. The number of nitrogens with zero attached hydrogens (tertiary/aromatic N) is 5. The number of likely N-dealkylation sites (tertiary alicyclic amines) is 1. The maximum atomic E-state index is 13.9. The number of rotatable bonds is 12. The van der Waals surface area contributed by atoms with Crippen LogP contribution in [0, 0.1) is 5.41 Å². The van der Waals surface area contributed by atoms with E-state index in [1.54, 1.807) is 19.5 Å². The molecular weight excluding hydrogens is 597 g/mol. The van der Waals surface area contributed by atoms with Gasteiger partial charge < -0.3 is 14.4 Å². The van der Waals surface area contributed by atoms with Gasteiger partial charge in [-0.3, -0.25) is 19.5 Å². The Labute approximate surface area is 276 Å². The van der Waals surface area contributed by atoms with E-state index in [-0.39, 0.29) is 17.2 Å². The first-order valence-corrected chi connectivity index (χ1v) is 17.3. The van der Waals surface area contributed by atoms with Crippen molar-refractivity contribution in [2.75, 3.05) is 18.4 Å². The molecule has 1 aliphatic carbocycles. The normalized spacial score (nSPS) is 18.5. The van der Waals surface area contributed by atoms with Crippen LogP contribution in [0.3, 0.4) is 0 Å². The van der Waals surface area contributed by atoms with Crippen molar-refractivity contribution < 1.29 is 14.3 Å². The lowest BCUT2D eigenvalue weighted by molar-refractivity contribution is -0.135. The smallest absolute Gasteiger partial charge is 0.258 e. The fourth-order valence-electron chi connectivity index (χ4n) is 6.85. The van der Waals surface area contributed by atoms with Crippen LogP contribution in [-0.2, 0) is 22.7 Å². The van der Waals surface area contributed by atoms with Gasteiger partial charge in [-0.05, 0) is 66.0 Å². The van der Waals surface area contributed by atoms with Crippen molar-refractivity contribution in [3.05, 3.63) is 66.0 Å². The van der Waals surface area contributed by atoms with E-state index in [9.17, 15) is 9.59 Å². The topological polar surface area (TPSA) is 100 Å². The summed E-state index contributed by atoms with van der Waals surface area (Å²) < 4.78 is 8.69. The highest BCUT2D eigenvalue weighted by Gasteiger charge is 2.49. The van der Waals surface area contributed by atoms with E-state index >= 15 is 0 Å². The second-order valence-electron chi connectivity index (χ2n) is 13.2. The minimum atomic E-state index is -0.561. The van der Waals surface area contributed by atoms with Gasteiger partial charge in [-0.15, -0.1) is 0 Å². The number of ether oxygens (including phenoxy) is 1. The highest BCUT2D eigenvalue weighted by molar-refractivity contribution is 8.00. The molecule has 9 nitrogen and oxygen atoms in total. The van der Waals surface area contributed by atoms with Crippen molar-refractivity contribution in [1.29, 1.82) is 0 Å². The van der Waals surface area contributed by atoms with Crippen molar-refractivity contribution in [1.82, 2.24) is 19.8 Å². The van der Waals surface area contributed by atoms with Crippen LogP contribution in [0.25, 0.3) is 11.1 Å². The Balaban J connectivity index is 1.33. The van der Waals surface area contributed by atoms with E-state index in [0.29, 0.717) is 24.8 Å². The summed E-state index contributed by atoms with van der Waals surface area (Å²) in [5.41, 5.74) is 3.27. The van der Waals surface area contributed by atoms with Crippen LogP contribution in [0.2, 0.25) is 0 Å². The molecule has 1 spiro atoms. The molecule has 10 heteroatoms. The highest BCUT2D eigenvalue weighted by Crippen LogP contribution is 2.41. The summed E-state index contributed by atoms with van der Waals surface area (Å²) in [5, 5.41) is 0. The molecule has 3 aromatic rings. The Morgan fingerprint density at radius 1 is 0.957 bits per heavy atom. The number of carbonyl (C=O) groups is 2. The number of benzene rings is 2. The average molecular weight is 641 g/mol. The second-order valence-corrected chi connectivity index (χ2v) is 14.1. The molecule has 0 atom stereocenters. The third-order valence-corrected chi connectivity index (χ3v) is 10.4. The molecule has 2 amide bonds. The minimum Gasteiger partial charge on any atom is -0.478 e. The maximum Gasteiger partial charge on any atom is 0.258 e. The second kappa shape index (κ2) is 13.4. The first kappa shape index (κ1) is 32.0. The molecule has 3 aliphatic rings. The lowest BCUT2D eigenvalue weighted by Gasteiger charge is -2.25. The van der Waals surface area contributed by atoms with Crippen molar-refractivity contribution in [3.8, 4) is 17.0 Å². The van der Waals surface area contributed by atoms with Crippen LogP contribution in [0.5, 0.6) is 5.88 Å². The predicted molar refractivity (Wildman–Crippen MR) is 182 cm³/mol. The van der Waals surface area contributed by atoms with Gasteiger partial charge in [-0.25, -0.2) is 9.97 Å². The number of aromatic nitrogens is 2. The SMILES string of the molecule is CCCCC1=NC2(CCCC2)C(=O)N1Cc1ccc(-c2ccccc2SNc2nccnc2OC)c(CN2CCC(C)(C)C2=O)c1. The van der Waals surface area contributed by atoms with Crippen LogP contribution in [0.1, 0.15) is 83.3 Å². The number of anilines is 1. The molecule has 242 valence electrons. The van der Waals surface area contributed by atoms with Gasteiger partial charge in [0, 0.05) is 42.2 Å². The molecule has 46 heavy (non-hydrogen) atoms. The van der Waals surface area contributed by atoms with Gasteiger partial charge in [0.2, 0.25) is 5.91 Å². The van der Waals surface area contributed by atoms with Crippen molar-refractivity contribution in [2.24, 2.45) is 10.4 Å². The van der Waals surface area contributed by atoms with Gasteiger partial charge in [-0.1, -0.05) is 76.4 Å². The first-order chi connectivity index (χ1) is 22.2. The van der Waals surface area contributed by atoms with E-state index in [4.69, 9.17) is 9.73 Å². The zero-order valence-corrected chi connectivity index (χ0v) is 28.2. The summed E-state index contributed by atoms with van der Waals surface area (Å²) >= 11 is 1.44. The third kappa shape index (κ3) is 6.36. The van der Waals surface area contributed by atoms with Gasteiger partial charge in [0.05, 0.1) is 13.7 Å². The van der Waals surface area contributed by atoms with Crippen molar-refractivity contribution >= 4 is 35.4 Å². The minimum absolute atomic E-state index is 0.158. The largest absolute Gasteiger partial charge is 0.478 e. The molecule has 1 saturated carbocycles. The highest BCUT2D eigenvalue weighted by atomic mass is 32.2. The van der Waals surface area contributed by atoms with Gasteiger partial charge in [0.25, 0.3) is 11.8 Å². The van der Waals surface area contributed by atoms with Gasteiger partial charge in [-0.2, -0.15) is 0 Å². The van der Waals surface area contributed by atoms with E-state index in [0.717, 1.165) is 90.9 Å². The first-order valence-electron chi connectivity index (χ1n) is 16.4. The fraction of sp³-hybridized carbons (Fsp3) is 0.472. The molecule has 0 radical (unpaired) electrons. The Morgan fingerprint density at radius 2 is 1.74 bits per heavy atom. The van der Waals surface area contributed by atoms with Crippen LogP contribution < -0.4 is 9.46 Å². The van der Waals surface area contributed by atoms with E-state index < -0.39 is 5.54 Å². The third-order valence-electron chi connectivity index (χ3n) is 9.52.